The highest BCUT2D eigenvalue weighted by Gasteiger charge is 2.18. The van der Waals surface area contributed by atoms with E-state index in [-0.39, 0.29) is 18.1 Å². The lowest BCUT2D eigenvalue weighted by Gasteiger charge is -2.25. The second-order valence-electron chi connectivity index (χ2n) is 3.66. The van der Waals surface area contributed by atoms with Crippen LogP contribution in [0.4, 0.5) is 0 Å². The van der Waals surface area contributed by atoms with Crippen LogP contribution in [-0.4, -0.2) is 17.8 Å². The third-order valence-electron chi connectivity index (χ3n) is 2.01. The molecule has 62 valence electrons. The summed E-state index contributed by atoms with van der Waals surface area (Å²) in [6.45, 7) is 6.58. The third kappa shape index (κ3) is 3.85. The highest BCUT2D eigenvalue weighted by atomic mass is 16.3. The molecule has 0 aromatic carbocycles. The van der Waals surface area contributed by atoms with E-state index in [4.69, 9.17) is 10.8 Å². The molecule has 10 heavy (non-hydrogen) atoms. The van der Waals surface area contributed by atoms with Gasteiger partial charge >= 0.3 is 0 Å². The zero-order valence-electron chi connectivity index (χ0n) is 7.22. The van der Waals surface area contributed by atoms with Gasteiger partial charge in [0, 0.05) is 6.04 Å². The molecule has 0 heterocycles. The normalized spacial score (nSPS) is 15.3. The monoisotopic (exact) mass is 145 g/mol. The van der Waals surface area contributed by atoms with E-state index < -0.39 is 0 Å². The lowest BCUT2D eigenvalue weighted by atomic mass is 9.84. The van der Waals surface area contributed by atoms with Gasteiger partial charge in [0.1, 0.15) is 0 Å². The Morgan fingerprint density at radius 3 is 2.30 bits per heavy atom. The molecule has 1 atom stereocenters. The molecule has 0 bridgehead atoms. The smallest absolute Gasteiger partial charge is 0.0582 e. The van der Waals surface area contributed by atoms with Crippen LogP contribution < -0.4 is 5.73 Å². The van der Waals surface area contributed by atoms with E-state index in [0.717, 1.165) is 12.8 Å². The first-order valence-corrected chi connectivity index (χ1v) is 3.88. The molecule has 2 heteroatoms. The molecule has 0 rings (SSSR count). The summed E-state index contributed by atoms with van der Waals surface area (Å²) in [5.74, 6) is 0. The molecule has 0 aliphatic heterocycles. The quantitative estimate of drug-likeness (QED) is 0.623. The summed E-state index contributed by atoms with van der Waals surface area (Å²) in [5, 5.41) is 8.67. The average molecular weight is 145 g/mol. The van der Waals surface area contributed by atoms with Crippen LogP contribution in [0.25, 0.3) is 0 Å². The van der Waals surface area contributed by atoms with Crippen molar-refractivity contribution < 1.29 is 5.11 Å². The Morgan fingerprint density at radius 1 is 1.50 bits per heavy atom. The standard InChI is InChI=1S/C8H19NO/c1-4-8(2,3)5-7(9)6-10/h7,10H,4-6,9H2,1-3H3. The molecule has 2 nitrogen and oxygen atoms in total. The van der Waals surface area contributed by atoms with E-state index in [1.807, 2.05) is 0 Å². The summed E-state index contributed by atoms with van der Waals surface area (Å²) in [6.07, 6.45) is 2.01. The molecule has 0 spiro atoms. The van der Waals surface area contributed by atoms with Gasteiger partial charge in [-0.05, 0) is 11.8 Å². The minimum atomic E-state index is -0.0463. The van der Waals surface area contributed by atoms with Gasteiger partial charge in [0.05, 0.1) is 6.61 Å². The van der Waals surface area contributed by atoms with Crippen molar-refractivity contribution in [2.75, 3.05) is 6.61 Å². The lowest BCUT2D eigenvalue weighted by molar-refractivity contribution is 0.210. The lowest BCUT2D eigenvalue weighted by Crippen LogP contribution is -2.30. The molecule has 0 aromatic heterocycles. The zero-order chi connectivity index (χ0) is 8.20. The molecule has 0 aliphatic rings. The first-order valence-electron chi connectivity index (χ1n) is 3.88. The number of aliphatic hydroxyl groups excluding tert-OH is 1. The fraction of sp³-hybridized carbons (Fsp3) is 1.00. The molecule has 0 saturated heterocycles. The van der Waals surface area contributed by atoms with Crippen molar-refractivity contribution in [2.45, 2.75) is 39.7 Å². The van der Waals surface area contributed by atoms with Crippen LogP contribution >= 0.6 is 0 Å². The maximum atomic E-state index is 8.67. The minimum Gasteiger partial charge on any atom is -0.395 e. The van der Waals surface area contributed by atoms with Crippen molar-refractivity contribution in [3.8, 4) is 0 Å². The van der Waals surface area contributed by atoms with Crippen LogP contribution in [0.2, 0.25) is 0 Å². The van der Waals surface area contributed by atoms with Crippen molar-refractivity contribution >= 4 is 0 Å². The van der Waals surface area contributed by atoms with E-state index in [0.29, 0.717) is 0 Å². The summed E-state index contributed by atoms with van der Waals surface area (Å²) in [7, 11) is 0. The number of hydrogen-bond acceptors (Lipinski definition) is 2. The van der Waals surface area contributed by atoms with Crippen molar-refractivity contribution in [1.82, 2.24) is 0 Å². The van der Waals surface area contributed by atoms with E-state index in [1.54, 1.807) is 0 Å². The summed E-state index contributed by atoms with van der Waals surface area (Å²) in [4.78, 5) is 0. The van der Waals surface area contributed by atoms with E-state index >= 15 is 0 Å². The van der Waals surface area contributed by atoms with Gasteiger partial charge in [0.15, 0.2) is 0 Å². The molecule has 0 aromatic rings. The molecule has 0 aliphatic carbocycles. The van der Waals surface area contributed by atoms with Gasteiger partial charge in [0.25, 0.3) is 0 Å². The van der Waals surface area contributed by atoms with E-state index in [9.17, 15) is 0 Å². The van der Waals surface area contributed by atoms with Crippen LogP contribution in [0.3, 0.4) is 0 Å². The molecule has 3 N–H and O–H groups in total. The zero-order valence-corrected chi connectivity index (χ0v) is 7.22. The number of hydrogen-bond donors (Lipinski definition) is 2. The van der Waals surface area contributed by atoms with Gasteiger partial charge < -0.3 is 10.8 Å². The molecule has 0 saturated carbocycles. The molecule has 0 fully saturated rings. The maximum absolute atomic E-state index is 8.67. The Hall–Kier alpha value is -0.0800. The molecular weight excluding hydrogens is 126 g/mol. The number of aliphatic hydroxyl groups is 1. The Bertz CT molecular complexity index is 91.3. The molecule has 0 radical (unpaired) electrons. The molecule has 0 amide bonds. The second kappa shape index (κ2) is 3.94. The first kappa shape index (κ1) is 9.92. The van der Waals surface area contributed by atoms with E-state index in [2.05, 4.69) is 20.8 Å². The highest BCUT2D eigenvalue weighted by Crippen LogP contribution is 2.25. The third-order valence-corrected chi connectivity index (χ3v) is 2.01. The van der Waals surface area contributed by atoms with Crippen LogP contribution in [0, 0.1) is 5.41 Å². The van der Waals surface area contributed by atoms with Gasteiger partial charge in [-0.1, -0.05) is 27.2 Å². The van der Waals surface area contributed by atoms with Crippen LogP contribution in [0.1, 0.15) is 33.6 Å². The SMILES string of the molecule is CCC(C)(C)CC(N)CO. The number of rotatable bonds is 4. The Kier molecular flexibility index (Phi) is 3.91. The van der Waals surface area contributed by atoms with Crippen LogP contribution in [-0.2, 0) is 0 Å². The van der Waals surface area contributed by atoms with Gasteiger partial charge in [0.2, 0.25) is 0 Å². The van der Waals surface area contributed by atoms with Gasteiger partial charge in [-0.2, -0.15) is 0 Å². The van der Waals surface area contributed by atoms with Crippen LogP contribution in [0.15, 0.2) is 0 Å². The average Bonchev–Trinajstić information content (AvgIpc) is 1.87. The highest BCUT2D eigenvalue weighted by molar-refractivity contribution is 4.73. The topological polar surface area (TPSA) is 46.2 Å². The summed E-state index contributed by atoms with van der Waals surface area (Å²) < 4.78 is 0. The van der Waals surface area contributed by atoms with E-state index in [1.165, 1.54) is 0 Å². The molecular formula is C8H19NO. The predicted molar refractivity (Wildman–Crippen MR) is 43.8 cm³/mol. The van der Waals surface area contributed by atoms with Crippen LogP contribution in [0.5, 0.6) is 0 Å². The summed E-state index contributed by atoms with van der Waals surface area (Å²) >= 11 is 0. The Balaban J connectivity index is 3.64. The Morgan fingerprint density at radius 2 is 2.00 bits per heavy atom. The maximum Gasteiger partial charge on any atom is 0.0582 e. The van der Waals surface area contributed by atoms with Crippen molar-refractivity contribution in [1.29, 1.82) is 0 Å². The van der Waals surface area contributed by atoms with Gasteiger partial charge in [-0.25, -0.2) is 0 Å². The second-order valence-corrected chi connectivity index (χ2v) is 3.66. The van der Waals surface area contributed by atoms with Crippen molar-refractivity contribution in [2.24, 2.45) is 11.1 Å². The fourth-order valence-electron chi connectivity index (χ4n) is 0.919. The molecule has 1 unspecified atom stereocenters. The minimum absolute atomic E-state index is 0.0463. The predicted octanol–water partition coefficient (Wildman–Crippen LogP) is 1.13. The fourth-order valence-corrected chi connectivity index (χ4v) is 0.919. The van der Waals surface area contributed by atoms with Gasteiger partial charge in [-0.15, -0.1) is 0 Å². The summed E-state index contributed by atoms with van der Waals surface area (Å²) in [5.41, 5.74) is 5.86. The Labute approximate surface area is 63.4 Å². The number of nitrogens with two attached hydrogens (primary N) is 1. The summed E-state index contributed by atoms with van der Waals surface area (Å²) in [6, 6.07) is -0.0463. The van der Waals surface area contributed by atoms with Crippen molar-refractivity contribution in [3.63, 3.8) is 0 Å². The van der Waals surface area contributed by atoms with Crippen molar-refractivity contribution in [3.05, 3.63) is 0 Å². The first-order chi connectivity index (χ1) is 4.52. The van der Waals surface area contributed by atoms with Gasteiger partial charge in [-0.3, -0.25) is 0 Å². The largest absolute Gasteiger partial charge is 0.395 e.